The van der Waals surface area contributed by atoms with E-state index < -0.39 is 10.0 Å². The third-order valence-electron chi connectivity index (χ3n) is 3.52. The van der Waals surface area contributed by atoms with Crippen LogP contribution in [0.25, 0.3) is 0 Å². The van der Waals surface area contributed by atoms with Gasteiger partial charge in [0.15, 0.2) is 0 Å². The Balaban J connectivity index is 2.14. The molecule has 0 spiro atoms. The van der Waals surface area contributed by atoms with Gasteiger partial charge < -0.3 is 15.6 Å². The van der Waals surface area contributed by atoms with Gasteiger partial charge in [-0.25, -0.2) is 13.1 Å². The van der Waals surface area contributed by atoms with Crippen LogP contribution in [0.2, 0.25) is 0 Å². The molecule has 1 saturated carbocycles. The van der Waals surface area contributed by atoms with Gasteiger partial charge in [-0.15, -0.1) is 0 Å². The largest absolute Gasteiger partial charge is 0.497 e. The highest BCUT2D eigenvalue weighted by Gasteiger charge is 2.26. The van der Waals surface area contributed by atoms with Crippen LogP contribution in [0.1, 0.15) is 25.7 Å². The SMILES string of the molecule is COc1ccc(S(=O)(=O)NC2CCC(O)CC2)c(N)c1. The van der Waals surface area contributed by atoms with Crippen LogP contribution in [0.15, 0.2) is 23.1 Å². The lowest BCUT2D eigenvalue weighted by molar-refractivity contribution is 0.120. The van der Waals surface area contributed by atoms with Crippen molar-refractivity contribution in [2.24, 2.45) is 0 Å². The van der Waals surface area contributed by atoms with Crippen molar-refractivity contribution in [2.45, 2.75) is 42.7 Å². The second kappa shape index (κ2) is 5.99. The van der Waals surface area contributed by atoms with Crippen LogP contribution in [-0.2, 0) is 10.0 Å². The molecule has 0 radical (unpaired) electrons. The topological polar surface area (TPSA) is 102 Å². The van der Waals surface area contributed by atoms with Gasteiger partial charge in [-0.05, 0) is 37.8 Å². The van der Waals surface area contributed by atoms with Crippen molar-refractivity contribution < 1.29 is 18.3 Å². The number of nitrogen functional groups attached to an aromatic ring is 1. The molecule has 2 rings (SSSR count). The monoisotopic (exact) mass is 300 g/mol. The summed E-state index contributed by atoms with van der Waals surface area (Å²) < 4.78 is 32.3. The first-order chi connectivity index (χ1) is 9.42. The van der Waals surface area contributed by atoms with Crippen molar-refractivity contribution in [3.63, 3.8) is 0 Å². The fraction of sp³-hybridized carbons (Fsp3) is 0.538. The molecular weight excluding hydrogens is 280 g/mol. The van der Waals surface area contributed by atoms with Gasteiger partial charge in [-0.2, -0.15) is 0 Å². The first-order valence-corrected chi connectivity index (χ1v) is 8.04. The van der Waals surface area contributed by atoms with Crippen molar-refractivity contribution in [3.05, 3.63) is 18.2 Å². The van der Waals surface area contributed by atoms with E-state index in [9.17, 15) is 13.5 Å². The van der Waals surface area contributed by atoms with Gasteiger partial charge in [-0.1, -0.05) is 0 Å². The molecule has 1 aromatic carbocycles. The minimum atomic E-state index is -3.65. The van der Waals surface area contributed by atoms with Crippen molar-refractivity contribution >= 4 is 15.7 Å². The van der Waals surface area contributed by atoms with Crippen molar-refractivity contribution in [1.29, 1.82) is 0 Å². The number of nitrogens with two attached hydrogens (primary N) is 1. The molecule has 1 aliphatic carbocycles. The van der Waals surface area contributed by atoms with Crippen molar-refractivity contribution in [1.82, 2.24) is 4.72 Å². The van der Waals surface area contributed by atoms with E-state index in [0.717, 1.165) is 0 Å². The highest BCUT2D eigenvalue weighted by atomic mass is 32.2. The summed E-state index contributed by atoms with van der Waals surface area (Å²) in [6, 6.07) is 4.34. The summed E-state index contributed by atoms with van der Waals surface area (Å²) >= 11 is 0. The van der Waals surface area contributed by atoms with E-state index in [0.29, 0.717) is 31.4 Å². The predicted octanol–water partition coefficient (Wildman–Crippen LogP) is 0.859. The molecule has 1 aromatic rings. The van der Waals surface area contributed by atoms with E-state index in [-0.39, 0.29) is 22.7 Å². The minimum absolute atomic E-state index is 0.0596. The van der Waals surface area contributed by atoms with Crippen LogP contribution in [-0.4, -0.2) is 32.8 Å². The summed E-state index contributed by atoms with van der Waals surface area (Å²) in [7, 11) is -2.15. The number of aliphatic hydroxyl groups is 1. The third kappa shape index (κ3) is 3.41. The fourth-order valence-corrected chi connectivity index (χ4v) is 3.79. The van der Waals surface area contributed by atoms with Gasteiger partial charge in [0.25, 0.3) is 0 Å². The van der Waals surface area contributed by atoms with E-state index in [2.05, 4.69) is 4.72 Å². The van der Waals surface area contributed by atoms with Gasteiger partial charge in [0, 0.05) is 12.1 Å². The molecule has 7 heteroatoms. The Morgan fingerprint density at radius 3 is 2.50 bits per heavy atom. The number of hydrogen-bond acceptors (Lipinski definition) is 5. The molecule has 0 saturated heterocycles. The summed E-state index contributed by atoms with van der Waals surface area (Å²) in [5.74, 6) is 0.516. The van der Waals surface area contributed by atoms with Crippen LogP contribution in [0.4, 0.5) is 5.69 Å². The van der Waals surface area contributed by atoms with Crippen LogP contribution in [0, 0.1) is 0 Å². The minimum Gasteiger partial charge on any atom is -0.497 e. The lowest BCUT2D eigenvalue weighted by Crippen LogP contribution is -2.38. The molecule has 4 N–H and O–H groups in total. The normalized spacial score (nSPS) is 23.5. The van der Waals surface area contributed by atoms with Gasteiger partial charge in [0.2, 0.25) is 10.0 Å². The quantitative estimate of drug-likeness (QED) is 0.716. The summed E-state index contributed by atoms with van der Waals surface area (Å²) in [4.78, 5) is 0.0596. The fourth-order valence-electron chi connectivity index (χ4n) is 2.37. The Kier molecular flexibility index (Phi) is 4.52. The molecule has 0 aromatic heterocycles. The first kappa shape index (κ1) is 15.1. The Morgan fingerprint density at radius 1 is 1.30 bits per heavy atom. The highest BCUT2D eigenvalue weighted by Crippen LogP contribution is 2.25. The number of rotatable bonds is 4. The molecule has 0 heterocycles. The number of sulfonamides is 1. The molecule has 1 aliphatic rings. The number of anilines is 1. The second-order valence-corrected chi connectivity index (χ2v) is 6.71. The molecule has 20 heavy (non-hydrogen) atoms. The Labute approximate surface area is 119 Å². The molecule has 6 nitrogen and oxygen atoms in total. The summed E-state index contributed by atoms with van der Waals surface area (Å²) in [6.45, 7) is 0. The van der Waals surface area contributed by atoms with Crippen LogP contribution in [0.5, 0.6) is 5.75 Å². The average molecular weight is 300 g/mol. The number of aliphatic hydroxyl groups excluding tert-OH is 1. The molecule has 0 amide bonds. The molecule has 112 valence electrons. The molecule has 1 fully saturated rings. The van der Waals surface area contributed by atoms with Crippen LogP contribution >= 0.6 is 0 Å². The number of hydrogen-bond donors (Lipinski definition) is 3. The van der Waals surface area contributed by atoms with Crippen molar-refractivity contribution in [3.8, 4) is 5.75 Å². The Hall–Kier alpha value is -1.31. The molecule has 0 bridgehead atoms. The number of benzene rings is 1. The molecule has 0 atom stereocenters. The third-order valence-corrected chi connectivity index (χ3v) is 5.12. The van der Waals surface area contributed by atoms with E-state index >= 15 is 0 Å². The van der Waals surface area contributed by atoms with Gasteiger partial charge in [0.1, 0.15) is 10.6 Å². The summed E-state index contributed by atoms with van der Waals surface area (Å²) in [6.07, 6.45) is 2.19. The average Bonchev–Trinajstić information content (AvgIpc) is 2.40. The lowest BCUT2D eigenvalue weighted by Gasteiger charge is -2.26. The summed E-state index contributed by atoms with van der Waals surface area (Å²) in [5, 5.41) is 9.43. The van der Waals surface area contributed by atoms with E-state index in [1.807, 2.05) is 0 Å². The van der Waals surface area contributed by atoms with E-state index in [4.69, 9.17) is 10.5 Å². The maximum atomic E-state index is 12.3. The molecule has 0 aliphatic heterocycles. The highest BCUT2D eigenvalue weighted by molar-refractivity contribution is 7.89. The Bertz CT molecular complexity index is 566. The lowest BCUT2D eigenvalue weighted by atomic mass is 9.94. The second-order valence-electron chi connectivity index (χ2n) is 5.03. The molecule has 0 unspecified atom stereocenters. The zero-order valence-corrected chi connectivity index (χ0v) is 12.2. The van der Waals surface area contributed by atoms with E-state index in [1.54, 1.807) is 6.07 Å². The smallest absolute Gasteiger partial charge is 0.242 e. The van der Waals surface area contributed by atoms with Crippen molar-refractivity contribution in [2.75, 3.05) is 12.8 Å². The zero-order chi connectivity index (χ0) is 14.8. The van der Waals surface area contributed by atoms with Crippen LogP contribution < -0.4 is 15.2 Å². The van der Waals surface area contributed by atoms with Gasteiger partial charge in [-0.3, -0.25) is 0 Å². The first-order valence-electron chi connectivity index (χ1n) is 6.56. The number of nitrogens with one attached hydrogen (secondary N) is 1. The maximum absolute atomic E-state index is 12.3. The van der Waals surface area contributed by atoms with Crippen LogP contribution in [0.3, 0.4) is 0 Å². The zero-order valence-electron chi connectivity index (χ0n) is 11.4. The standard InChI is InChI=1S/C13H20N2O4S/c1-19-11-6-7-13(12(14)8-11)20(17,18)15-9-2-4-10(16)5-3-9/h6-10,15-16H,2-5,14H2,1H3. The number of ether oxygens (including phenoxy) is 1. The summed E-state index contributed by atoms with van der Waals surface area (Å²) in [5.41, 5.74) is 5.93. The van der Waals surface area contributed by atoms with Gasteiger partial charge >= 0.3 is 0 Å². The predicted molar refractivity (Wildman–Crippen MR) is 76.0 cm³/mol. The number of methoxy groups -OCH3 is 1. The maximum Gasteiger partial charge on any atom is 0.242 e. The van der Waals surface area contributed by atoms with Gasteiger partial charge in [0.05, 0.1) is 18.9 Å². The Morgan fingerprint density at radius 2 is 1.95 bits per heavy atom. The molecular formula is C13H20N2O4S. The van der Waals surface area contributed by atoms with E-state index in [1.165, 1.54) is 19.2 Å².